The van der Waals surface area contributed by atoms with Crippen LogP contribution in [0.4, 0.5) is 5.69 Å². The molecule has 0 saturated carbocycles. The molecule has 1 aromatic carbocycles. The number of carbonyl (C=O) groups excluding carboxylic acids is 3. The van der Waals surface area contributed by atoms with Crippen molar-refractivity contribution in [2.45, 2.75) is 26.4 Å². The maximum Gasteiger partial charge on any atom is 0.310 e. The molecule has 0 aliphatic carbocycles. The van der Waals surface area contributed by atoms with Crippen LogP contribution in [0.15, 0.2) is 36.4 Å². The molecule has 0 radical (unpaired) electrons. The summed E-state index contributed by atoms with van der Waals surface area (Å²) in [5.41, 5.74) is 1.25. The number of imide groups is 1. The highest BCUT2D eigenvalue weighted by atomic mass is 16.6. The maximum atomic E-state index is 12.0. The van der Waals surface area contributed by atoms with Crippen molar-refractivity contribution in [3.05, 3.63) is 42.0 Å². The van der Waals surface area contributed by atoms with Gasteiger partial charge in [0, 0.05) is 18.1 Å². The summed E-state index contributed by atoms with van der Waals surface area (Å²) in [6.45, 7) is 5.27. The Bertz CT molecular complexity index is 689. The molecular weight excluding hydrogens is 322 g/mol. The van der Waals surface area contributed by atoms with Gasteiger partial charge in [-0.3, -0.25) is 14.4 Å². The number of hydrogen-bond donors (Lipinski definition) is 0. The van der Waals surface area contributed by atoms with Gasteiger partial charge in [0.1, 0.15) is 6.61 Å². The zero-order valence-corrected chi connectivity index (χ0v) is 14.3. The average Bonchev–Trinajstić information content (AvgIpc) is 2.86. The fraction of sp³-hybridized carbons (Fsp3) is 0.421. The third-order valence-corrected chi connectivity index (χ3v) is 4.60. The van der Waals surface area contributed by atoms with Crippen LogP contribution in [0.3, 0.4) is 0 Å². The lowest BCUT2D eigenvalue weighted by Gasteiger charge is -2.38. The third kappa shape index (κ3) is 3.79. The minimum Gasteiger partial charge on any atom is -0.463 e. The van der Waals surface area contributed by atoms with E-state index in [-0.39, 0.29) is 36.9 Å². The molecule has 0 bridgehead atoms. The zero-order valence-electron chi connectivity index (χ0n) is 14.3. The molecule has 3 rings (SSSR count). The molecule has 2 aliphatic rings. The lowest BCUT2D eigenvalue weighted by atomic mass is 9.87. The summed E-state index contributed by atoms with van der Waals surface area (Å²) in [5.74, 6) is -0.0952. The Morgan fingerprint density at radius 3 is 2.36 bits per heavy atom. The van der Waals surface area contributed by atoms with Gasteiger partial charge in [-0.05, 0) is 23.6 Å². The van der Waals surface area contributed by atoms with Crippen molar-refractivity contribution in [1.29, 1.82) is 0 Å². The smallest absolute Gasteiger partial charge is 0.310 e. The third-order valence-electron chi connectivity index (χ3n) is 4.60. The molecule has 0 aromatic heterocycles. The first kappa shape index (κ1) is 17.4. The minimum atomic E-state index is -0.364. The number of nitrogens with zero attached hydrogens (tertiary/aromatic N) is 1. The molecule has 25 heavy (non-hydrogen) atoms. The van der Waals surface area contributed by atoms with Crippen molar-refractivity contribution >= 4 is 23.5 Å². The molecule has 1 fully saturated rings. The first-order valence-electron chi connectivity index (χ1n) is 8.38. The van der Waals surface area contributed by atoms with Gasteiger partial charge >= 0.3 is 5.97 Å². The van der Waals surface area contributed by atoms with E-state index in [2.05, 4.69) is 13.8 Å². The fourth-order valence-electron chi connectivity index (χ4n) is 2.95. The molecule has 2 unspecified atom stereocenters. The topological polar surface area (TPSA) is 72.9 Å². The summed E-state index contributed by atoms with van der Waals surface area (Å²) in [6.07, 6.45) is 2.60. The molecule has 1 aromatic rings. The Morgan fingerprint density at radius 2 is 1.84 bits per heavy atom. The normalized spacial score (nSPS) is 22.4. The summed E-state index contributed by atoms with van der Waals surface area (Å²) in [7, 11) is 0. The standard InChI is InChI=1S/C19H21NO5/c1-12(2)15-10-24-16(15)11-25-19(23)9-13-3-5-14(6-4-13)20-17(21)7-8-18(20)22/h3-8,12,15-16H,9-11H2,1-2H3. The Morgan fingerprint density at radius 1 is 1.20 bits per heavy atom. The highest BCUT2D eigenvalue weighted by Crippen LogP contribution is 2.28. The lowest BCUT2D eigenvalue weighted by molar-refractivity contribution is -0.174. The van der Waals surface area contributed by atoms with Crippen LogP contribution >= 0.6 is 0 Å². The number of rotatable bonds is 6. The van der Waals surface area contributed by atoms with Crippen LogP contribution in [-0.2, 0) is 30.3 Å². The number of benzene rings is 1. The first-order chi connectivity index (χ1) is 12.0. The molecule has 2 amide bonds. The predicted molar refractivity (Wildman–Crippen MR) is 90.8 cm³/mol. The quantitative estimate of drug-likeness (QED) is 0.582. The number of anilines is 1. The zero-order chi connectivity index (χ0) is 18.0. The van der Waals surface area contributed by atoms with E-state index in [0.717, 1.165) is 17.1 Å². The van der Waals surface area contributed by atoms with E-state index in [0.29, 0.717) is 17.5 Å². The number of ether oxygens (including phenoxy) is 2. The van der Waals surface area contributed by atoms with Crippen molar-refractivity contribution in [3.8, 4) is 0 Å². The van der Waals surface area contributed by atoms with E-state index >= 15 is 0 Å². The average molecular weight is 343 g/mol. The lowest BCUT2D eigenvalue weighted by Crippen LogP contribution is -2.46. The van der Waals surface area contributed by atoms with Gasteiger partial charge in [0.05, 0.1) is 24.8 Å². The SMILES string of the molecule is CC(C)C1COC1COC(=O)Cc1ccc(N2C(=O)C=CC2=O)cc1. The van der Waals surface area contributed by atoms with Crippen LogP contribution in [0.1, 0.15) is 19.4 Å². The molecule has 6 heteroatoms. The largest absolute Gasteiger partial charge is 0.463 e. The van der Waals surface area contributed by atoms with E-state index in [1.54, 1.807) is 24.3 Å². The second-order valence-electron chi connectivity index (χ2n) is 6.65. The van der Waals surface area contributed by atoms with E-state index in [1.807, 2.05) is 0 Å². The van der Waals surface area contributed by atoms with Crippen LogP contribution in [0.2, 0.25) is 0 Å². The minimum absolute atomic E-state index is 0.00832. The summed E-state index contributed by atoms with van der Waals surface area (Å²) in [5, 5.41) is 0. The van der Waals surface area contributed by atoms with Gasteiger partial charge in [-0.15, -0.1) is 0 Å². The Kier molecular flexibility index (Phi) is 4.99. The molecule has 2 atom stereocenters. The molecule has 6 nitrogen and oxygen atoms in total. The van der Waals surface area contributed by atoms with E-state index in [1.165, 1.54) is 12.2 Å². The summed E-state index contributed by atoms with van der Waals surface area (Å²) in [6, 6.07) is 6.73. The van der Waals surface area contributed by atoms with E-state index < -0.39 is 0 Å². The summed E-state index contributed by atoms with van der Waals surface area (Å²) in [4.78, 5) is 36.3. The number of esters is 1. The molecule has 2 aliphatic heterocycles. The van der Waals surface area contributed by atoms with Gasteiger partial charge < -0.3 is 9.47 Å². The number of carbonyl (C=O) groups is 3. The Balaban J connectivity index is 1.51. The van der Waals surface area contributed by atoms with Crippen LogP contribution in [0.5, 0.6) is 0 Å². The van der Waals surface area contributed by atoms with Gasteiger partial charge in [0.2, 0.25) is 0 Å². The second kappa shape index (κ2) is 7.19. The highest BCUT2D eigenvalue weighted by Gasteiger charge is 2.35. The molecule has 2 heterocycles. The fourth-order valence-corrected chi connectivity index (χ4v) is 2.95. The first-order valence-corrected chi connectivity index (χ1v) is 8.38. The van der Waals surface area contributed by atoms with Crippen molar-refractivity contribution in [2.75, 3.05) is 18.1 Å². The predicted octanol–water partition coefficient (Wildman–Crippen LogP) is 1.87. The highest BCUT2D eigenvalue weighted by molar-refractivity contribution is 6.28. The second-order valence-corrected chi connectivity index (χ2v) is 6.65. The van der Waals surface area contributed by atoms with E-state index in [9.17, 15) is 14.4 Å². The Labute approximate surface area is 146 Å². The van der Waals surface area contributed by atoms with Crippen molar-refractivity contribution < 1.29 is 23.9 Å². The number of amides is 2. The van der Waals surface area contributed by atoms with Crippen LogP contribution in [0.25, 0.3) is 0 Å². The molecule has 0 N–H and O–H groups in total. The number of hydrogen-bond acceptors (Lipinski definition) is 5. The summed E-state index contributed by atoms with van der Waals surface area (Å²) < 4.78 is 10.7. The van der Waals surface area contributed by atoms with Gasteiger partial charge in [-0.1, -0.05) is 26.0 Å². The Hall–Kier alpha value is -2.47. The van der Waals surface area contributed by atoms with Crippen molar-refractivity contribution in [2.24, 2.45) is 11.8 Å². The molecule has 0 spiro atoms. The van der Waals surface area contributed by atoms with Crippen molar-refractivity contribution in [3.63, 3.8) is 0 Å². The summed E-state index contributed by atoms with van der Waals surface area (Å²) >= 11 is 0. The van der Waals surface area contributed by atoms with E-state index in [4.69, 9.17) is 9.47 Å². The molecular formula is C19H21NO5. The van der Waals surface area contributed by atoms with Gasteiger partial charge in [-0.25, -0.2) is 4.90 Å². The molecule has 1 saturated heterocycles. The van der Waals surface area contributed by atoms with Gasteiger partial charge in [-0.2, -0.15) is 0 Å². The molecule has 132 valence electrons. The maximum absolute atomic E-state index is 12.0. The van der Waals surface area contributed by atoms with Gasteiger partial charge in [0.25, 0.3) is 11.8 Å². The van der Waals surface area contributed by atoms with Crippen molar-refractivity contribution in [1.82, 2.24) is 0 Å². The van der Waals surface area contributed by atoms with Crippen LogP contribution in [-0.4, -0.2) is 37.1 Å². The van der Waals surface area contributed by atoms with Crippen LogP contribution in [0, 0.1) is 11.8 Å². The van der Waals surface area contributed by atoms with Gasteiger partial charge in [0.15, 0.2) is 0 Å². The monoisotopic (exact) mass is 343 g/mol. The van der Waals surface area contributed by atoms with Crippen LogP contribution < -0.4 is 4.90 Å².